The summed E-state index contributed by atoms with van der Waals surface area (Å²) in [4.78, 5) is 23.4. The van der Waals surface area contributed by atoms with Crippen molar-refractivity contribution < 1.29 is 13.2 Å². The minimum atomic E-state index is -3.63. The molecule has 0 atom stereocenters. The largest absolute Gasteiger partial charge is 0.384 e. The highest BCUT2D eigenvalue weighted by atomic mass is 32.2. The molecule has 2 heterocycles. The van der Waals surface area contributed by atoms with Gasteiger partial charge in [0.05, 0.1) is 11.4 Å². The van der Waals surface area contributed by atoms with Crippen LogP contribution < -0.4 is 16.8 Å². The van der Waals surface area contributed by atoms with E-state index in [0.29, 0.717) is 16.9 Å². The highest BCUT2D eigenvalue weighted by Crippen LogP contribution is 2.23. The predicted molar refractivity (Wildman–Crippen MR) is 103 cm³/mol. The third kappa shape index (κ3) is 4.57. The second-order valence-electron chi connectivity index (χ2n) is 5.69. The normalized spacial score (nSPS) is 11.3. The molecule has 0 aliphatic rings. The zero-order valence-electron chi connectivity index (χ0n) is 14.2. The maximum atomic E-state index is 12.5. The number of nitrogens with two attached hydrogens (primary N) is 2. The number of sulfone groups is 1. The first-order chi connectivity index (χ1) is 12.7. The van der Waals surface area contributed by atoms with Gasteiger partial charge in [0.2, 0.25) is 14.2 Å². The molecule has 5 N–H and O–H groups in total. The monoisotopic (exact) mass is 404 g/mol. The zero-order chi connectivity index (χ0) is 19.6. The topological polar surface area (TPSA) is 154 Å². The van der Waals surface area contributed by atoms with Gasteiger partial charge in [-0.05, 0) is 31.2 Å². The van der Waals surface area contributed by atoms with Crippen LogP contribution in [0.2, 0.25) is 0 Å². The minimum absolute atomic E-state index is 0.0422. The minimum Gasteiger partial charge on any atom is -0.384 e. The molecule has 0 saturated carbocycles. The number of thiazole rings is 1. The van der Waals surface area contributed by atoms with Crippen LogP contribution in [0.1, 0.15) is 11.4 Å². The number of hydrogen-bond acceptors (Lipinski definition) is 8. The molecule has 0 bridgehead atoms. The van der Waals surface area contributed by atoms with Crippen molar-refractivity contribution in [3.63, 3.8) is 0 Å². The van der Waals surface area contributed by atoms with Crippen molar-refractivity contribution in [1.29, 1.82) is 0 Å². The molecule has 140 valence electrons. The van der Waals surface area contributed by atoms with Crippen molar-refractivity contribution in [2.24, 2.45) is 5.73 Å². The number of primary amides is 1. The molecule has 2 amide bonds. The Morgan fingerprint density at radius 3 is 2.48 bits per heavy atom. The summed E-state index contributed by atoms with van der Waals surface area (Å²) in [6.07, 6.45) is 0. The number of anilines is 2. The van der Waals surface area contributed by atoms with Gasteiger partial charge in [0.15, 0.2) is 5.82 Å². The average molecular weight is 404 g/mol. The van der Waals surface area contributed by atoms with Crippen LogP contribution in [0.25, 0.3) is 11.4 Å². The zero-order valence-corrected chi connectivity index (χ0v) is 15.8. The lowest BCUT2D eigenvalue weighted by Crippen LogP contribution is -2.19. The Morgan fingerprint density at radius 2 is 1.89 bits per heavy atom. The van der Waals surface area contributed by atoms with Gasteiger partial charge in [-0.2, -0.15) is 0 Å². The molecule has 3 rings (SSSR count). The van der Waals surface area contributed by atoms with E-state index in [2.05, 4.69) is 20.3 Å². The Bertz CT molecular complexity index is 1090. The van der Waals surface area contributed by atoms with Crippen molar-refractivity contribution in [3.8, 4) is 11.4 Å². The highest BCUT2D eigenvalue weighted by molar-refractivity contribution is 7.92. The number of rotatable bonds is 5. The van der Waals surface area contributed by atoms with E-state index < -0.39 is 15.9 Å². The summed E-state index contributed by atoms with van der Waals surface area (Å²) in [5.74, 6) is 0.0991. The fraction of sp³-hybridized carbons (Fsp3) is 0.125. The average Bonchev–Trinajstić information content (AvgIpc) is 3.01. The molecule has 0 aliphatic carbocycles. The van der Waals surface area contributed by atoms with Gasteiger partial charge in [0, 0.05) is 28.4 Å². The van der Waals surface area contributed by atoms with Gasteiger partial charge in [0.25, 0.3) is 0 Å². The number of carbonyl (C=O) groups is 1. The van der Waals surface area contributed by atoms with E-state index in [-0.39, 0.29) is 27.4 Å². The number of nitrogens with one attached hydrogen (secondary N) is 1. The van der Waals surface area contributed by atoms with E-state index >= 15 is 0 Å². The summed E-state index contributed by atoms with van der Waals surface area (Å²) in [5, 5.41) is 4.12. The third-order valence-electron chi connectivity index (χ3n) is 3.41. The maximum absolute atomic E-state index is 12.5. The Hall–Kier alpha value is -3.05. The van der Waals surface area contributed by atoms with Crippen LogP contribution in [-0.2, 0) is 15.6 Å². The first-order valence-corrected chi connectivity index (χ1v) is 10.2. The number of nitrogens with zero attached hydrogens (tertiary/aromatic N) is 3. The van der Waals surface area contributed by atoms with E-state index in [0.717, 1.165) is 11.3 Å². The van der Waals surface area contributed by atoms with Crippen molar-refractivity contribution >= 4 is 38.7 Å². The molecule has 0 fully saturated rings. The number of aromatic nitrogens is 3. The molecule has 0 saturated heterocycles. The molecule has 27 heavy (non-hydrogen) atoms. The van der Waals surface area contributed by atoms with Crippen molar-refractivity contribution in [2.75, 3.05) is 11.1 Å². The second-order valence-corrected chi connectivity index (χ2v) is 8.71. The summed E-state index contributed by atoms with van der Waals surface area (Å²) in [6.45, 7) is 1.73. The van der Waals surface area contributed by atoms with E-state index in [4.69, 9.17) is 11.5 Å². The van der Waals surface area contributed by atoms with Crippen LogP contribution in [0.3, 0.4) is 0 Å². The fourth-order valence-electron chi connectivity index (χ4n) is 2.30. The summed E-state index contributed by atoms with van der Waals surface area (Å²) < 4.78 is 25.1. The predicted octanol–water partition coefficient (Wildman–Crippen LogP) is 1.96. The number of aryl methyl sites for hydroxylation is 1. The number of nitrogen functional groups attached to an aromatic ring is 1. The lowest BCUT2D eigenvalue weighted by molar-refractivity contribution is 0.259. The van der Waals surface area contributed by atoms with Crippen molar-refractivity contribution in [1.82, 2.24) is 15.0 Å². The Labute approximate surface area is 159 Å². The van der Waals surface area contributed by atoms with Crippen molar-refractivity contribution in [3.05, 3.63) is 47.1 Å². The molecular formula is C16H16N6O3S2. The smallest absolute Gasteiger partial charge is 0.316 e. The molecule has 9 nitrogen and oxygen atoms in total. The lowest BCUT2D eigenvalue weighted by atomic mass is 10.2. The number of urea groups is 1. The highest BCUT2D eigenvalue weighted by Gasteiger charge is 2.21. The second kappa shape index (κ2) is 7.29. The number of hydrogen-bond donors (Lipinski definition) is 3. The summed E-state index contributed by atoms with van der Waals surface area (Å²) in [5.41, 5.74) is 12.9. The molecular weight excluding hydrogens is 388 g/mol. The number of amides is 2. The number of benzene rings is 1. The molecule has 3 aromatic rings. The summed E-state index contributed by atoms with van der Waals surface area (Å²) >= 11 is 1.07. The van der Waals surface area contributed by atoms with Gasteiger partial charge in [-0.25, -0.2) is 28.2 Å². The first-order valence-electron chi connectivity index (χ1n) is 7.68. The Kier molecular flexibility index (Phi) is 5.06. The van der Waals surface area contributed by atoms with Crippen molar-refractivity contribution in [2.45, 2.75) is 17.0 Å². The molecule has 0 aliphatic heterocycles. The summed E-state index contributed by atoms with van der Waals surface area (Å²) in [7, 11) is -3.63. The van der Waals surface area contributed by atoms with Gasteiger partial charge in [-0.1, -0.05) is 0 Å². The summed E-state index contributed by atoms with van der Waals surface area (Å²) in [6, 6.07) is 7.34. The molecule has 11 heteroatoms. The van der Waals surface area contributed by atoms with Crippen LogP contribution >= 0.6 is 11.3 Å². The van der Waals surface area contributed by atoms with Crippen LogP contribution in [0.5, 0.6) is 0 Å². The van der Waals surface area contributed by atoms with E-state index in [1.807, 2.05) is 0 Å². The van der Waals surface area contributed by atoms with Gasteiger partial charge < -0.3 is 16.8 Å². The molecule has 0 spiro atoms. The quantitative estimate of drug-likeness (QED) is 0.587. The van der Waals surface area contributed by atoms with Crippen LogP contribution in [0.15, 0.2) is 40.1 Å². The maximum Gasteiger partial charge on any atom is 0.316 e. The van der Waals surface area contributed by atoms with Gasteiger partial charge in [-0.3, -0.25) is 0 Å². The molecule has 1 aromatic carbocycles. The van der Waals surface area contributed by atoms with Crippen LogP contribution in [0.4, 0.5) is 16.3 Å². The first kappa shape index (κ1) is 18.7. The van der Waals surface area contributed by atoms with E-state index in [9.17, 15) is 13.2 Å². The van der Waals surface area contributed by atoms with Gasteiger partial charge >= 0.3 is 6.03 Å². The van der Waals surface area contributed by atoms with Gasteiger partial charge in [0.1, 0.15) is 5.82 Å². The SMILES string of the molecule is Cc1csc(S(=O)(=O)Cc2cc(N)nc(-c3ccc(NC(N)=O)cc3)n2)n1. The van der Waals surface area contributed by atoms with E-state index in [1.54, 1.807) is 36.6 Å². The Morgan fingerprint density at radius 1 is 1.19 bits per heavy atom. The van der Waals surface area contributed by atoms with E-state index in [1.165, 1.54) is 6.07 Å². The molecule has 0 radical (unpaired) electrons. The van der Waals surface area contributed by atoms with Crippen LogP contribution in [0, 0.1) is 6.92 Å². The van der Waals surface area contributed by atoms with Gasteiger partial charge in [-0.15, -0.1) is 11.3 Å². The van der Waals surface area contributed by atoms with Crippen LogP contribution in [-0.4, -0.2) is 29.4 Å². The molecule has 2 aromatic heterocycles. The Balaban J connectivity index is 1.89. The standard InChI is InChI=1S/C16H16N6O3S2/c1-9-7-26-16(19-9)27(24,25)8-12-6-13(17)22-14(20-12)10-2-4-11(5-3-10)21-15(18)23/h2-7H,8H2,1H3,(H2,17,20,22)(H3,18,21,23). The lowest BCUT2D eigenvalue weighted by Gasteiger charge is -2.07. The third-order valence-corrected chi connectivity index (χ3v) is 6.51. The number of carbonyl (C=O) groups excluding carboxylic acids is 1. The fourth-order valence-corrected chi connectivity index (χ4v) is 4.67. The molecule has 0 unspecified atom stereocenters.